The summed E-state index contributed by atoms with van der Waals surface area (Å²) in [6.07, 6.45) is 1.99. The molecule has 3 rings (SSSR count). The standard InChI is InChI=1S/C18H21N3O2/c1-12-4-5-13-10-15(22)14(11-19)17(16(13)20-12)21-8-6-18(2,23-3)7-9-21/h4-5H,6-10H2,1-3H3. The van der Waals surface area contributed by atoms with Crippen molar-refractivity contribution in [2.45, 2.75) is 38.7 Å². The van der Waals surface area contributed by atoms with Crippen molar-refractivity contribution in [3.05, 3.63) is 34.7 Å². The summed E-state index contributed by atoms with van der Waals surface area (Å²) in [5.74, 6) is -0.110. The summed E-state index contributed by atoms with van der Waals surface area (Å²) in [7, 11) is 1.74. The molecule has 1 aromatic heterocycles. The van der Waals surface area contributed by atoms with Crippen LogP contribution >= 0.6 is 0 Å². The zero-order valence-electron chi connectivity index (χ0n) is 13.8. The SMILES string of the molecule is COC1(C)CCN(C2=C(C#N)C(=O)Cc3ccc(C)nc32)CC1. The van der Waals surface area contributed by atoms with Crippen LogP contribution in [0.25, 0.3) is 5.70 Å². The van der Waals surface area contributed by atoms with Gasteiger partial charge in [0.05, 0.1) is 17.0 Å². The summed E-state index contributed by atoms with van der Waals surface area (Å²) in [5.41, 5.74) is 3.42. The lowest BCUT2D eigenvalue weighted by Crippen LogP contribution is -2.44. The monoisotopic (exact) mass is 311 g/mol. The first-order valence-electron chi connectivity index (χ1n) is 7.92. The topological polar surface area (TPSA) is 66.2 Å². The lowest BCUT2D eigenvalue weighted by molar-refractivity contribution is -0.114. The molecular formula is C18H21N3O2. The van der Waals surface area contributed by atoms with E-state index < -0.39 is 0 Å². The van der Waals surface area contributed by atoms with Crippen LogP contribution < -0.4 is 0 Å². The van der Waals surface area contributed by atoms with E-state index in [0.717, 1.165) is 42.9 Å². The first-order valence-corrected chi connectivity index (χ1v) is 7.92. The Balaban J connectivity index is 2.03. The van der Waals surface area contributed by atoms with E-state index in [1.54, 1.807) is 7.11 Å². The van der Waals surface area contributed by atoms with Gasteiger partial charge < -0.3 is 9.64 Å². The number of allylic oxidation sites excluding steroid dienone is 1. The van der Waals surface area contributed by atoms with Crippen molar-refractivity contribution in [2.24, 2.45) is 0 Å². The highest BCUT2D eigenvalue weighted by Gasteiger charge is 2.35. The molecule has 0 N–H and O–H groups in total. The molecule has 2 aliphatic rings. The van der Waals surface area contributed by atoms with Crippen molar-refractivity contribution in [1.29, 1.82) is 5.26 Å². The Labute approximate surface area is 136 Å². The molecule has 23 heavy (non-hydrogen) atoms. The highest BCUT2D eigenvalue weighted by atomic mass is 16.5. The summed E-state index contributed by atoms with van der Waals surface area (Å²) in [6, 6.07) is 5.98. The van der Waals surface area contributed by atoms with Crippen molar-refractivity contribution in [1.82, 2.24) is 9.88 Å². The third-order valence-electron chi connectivity index (χ3n) is 4.95. The average molecular weight is 311 g/mol. The summed E-state index contributed by atoms with van der Waals surface area (Å²) < 4.78 is 5.59. The second-order valence-electron chi connectivity index (χ2n) is 6.54. The van der Waals surface area contributed by atoms with Crippen molar-refractivity contribution < 1.29 is 9.53 Å². The molecule has 0 amide bonds. The van der Waals surface area contributed by atoms with Crippen molar-refractivity contribution >= 4 is 11.5 Å². The first-order chi connectivity index (χ1) is 11.0. The third kappa shape index (κ3) is 2.75. The van der Waals surface area contributed by atoms with Gasteiger partial charge in [0, 0.05) is 32.3 Å². The summed E-state index contributed by atoms with van der Waals surface area (Å²) in [5, 5.41) is 9.50. The Morgan fingerprint density at radius 1 is 1.35 bits per heavy atom. The molecule has 1 saturated heterocycles. The smallest absolute Gasteiger partial charge is 0.180 e. The fraction of sp³-hybridized carbons (Fsp3) is 0.500. The van der Waals surface area contributed by atoms with Crippen molar-refractivity contribution in [3.8, 4) is 6.07 Å². The molecule has 0 atom stereocenters. The number of carbonyl (C=O) groups excluding carboxylic acids is 1. The first kappa shape index (κ1) is 15.7. The Hall–Kier alpha value is -2.19. The molecule has 120 valence electrons. The highest BCUT2D eigenvalue weighted by molar-refractivity contribution is 6.09. The van der Waals surface area contributed by atoms with Gasteiger partial charge in [0.2, 0.25) is 0 Å². The lowest BCUT2D eigenvalue weighted by Gasteiger charge is -2.41. The number of methoxy groups -OCH3 is 1. The minimum absolute atomic E-state index is 0.110. The van der Waals surface area contributed by atoms with Crippen LogP contribution in [0.1, 0.15) is 36.7 Å². The molecule has 0 saturated carbocycles. The fourth-order valence-corrected chi connectivity index (χ4v) is 3.28. The second-order valence-corrected chi connectivity index (χ2v) is 6.54. The lowest BCUT2D eigenvalue weighted by atomic mass is 9.88. The van der Waals surface area contributed by atoms with E-state index >= 15 is 0 Å². The van der Waals surface area contributed by atoms with Crippen LogP contribution in [0.3, 0.4) is 0 Å². The van der Waals surface area contributed by atoms with Crippen LogP contribution in [-0.4, -0.2) is 41.5 Å². The quantitative estimate of drug-likeness (QED) is 0.838. The number of hydrogen-bond acceptors (Lipinski definition) is 5. The van der Waals surface area contributed by atoms with Gasteiger partial charge in [-0.15, -0.1) is 0 Å². The summed E-state index contributed by atoms with van der Waals surface area (Å²) in [6.45, 7) is 5.55. The van der Waals surface area contributed by atoms with Gasteiger partial charge in [-0.25, -0.2) is 0 Å². The molecule has 1 aliphatic heterocycles. The van der Waals surface area contributed by atoms with Crippen LogP contribution in [0.15, 0.2) is 17.7 Å². The van der Waals surface area contributed by atoms with E-state index in [9.17, 15) is 10.1 Å². The summed E-state index contributed by atoms with van der Waals surface area (Å²) >= 11 is 0. The number of pyridine rings is 1. The van der Waals surface area contributed by atoms with Crippen molar-refractivity contribution in [3.63, 3.8) is 0 Å². The number of ether oxygens (including phenoxy) is 1. The number of hydrogen-bond donors (Lipinski definition) is 0. The molecular weight excluding hydrogens is 290 g/mol. The Bertz CT molecular complexity index is 722. The number of rotatable bonds is 2. The van der Waals surface area contributed by atoms with E-state index in [2.05, 4.69) is 22.9 Å². The number of Topliss-reactive ketones (excluding diaryl/α,β-unsaturated/α-hetero) is 1. The molecule has 1 aromatic rings. The Kier molecular flexibility index (Phi) is 3.95. The molecule has 5 heteroatoms. The number of carbonyl (C=O) groups is 1. The van der Waals surface area contributed by atoms with Gasteiger partial charge in [-0.1, -0.05) is 6.07 Å². The fourth-order valence-electron chi connectivity index (χ4n) is 3.28. The van der Waals surface area contributed by atoms with Crippen LogP contribution in [0.5, 0.6) is 0 Å². The Morgan fingerprint density at radius 2 is 2.04 bits per heavy atom. The molecule has 2 heterocycles. The van der Waals surface area contributed by atoms with Crippen LogP contribution in [0.2, 0.25) is 0 Å². The number of nitrogens with zero attached hydrogens (tertiary/aromatic N) is 3. The van der Waals surface area contributed by atoms with E-state index in [1.165, 1.54) is 0 Å². The zero-order chi connectivity index (χ0) is 16.6. The van der Waals surface area contributed by atoms with Crippen LogP contribution in [0, 0.1) is 18.3 Å². The van der Waals surface area contributed by atoms with Crippen LogP contribution in [0.4, 0.5) is 0 Å². The van der Waals surface area contributed by atoms with E-state index in [4.69, 9.17) is 4.74 Å². The predicted molar refractivity (Wildman–Crippen MR) is 86.4 cm³/mol. The third-order valence-corrected chi connectivity index (χ3v) is 4.95. The molecule has 1 fully saturated rings. The maximum Gasteiger partial charge on any atom is 0.180 e. The number of likely N-dealkylation sites (tertiary alicyclic amines) is 1. The number of aromatic nitrogens is 1. The van der Waals surface area contributed by atoms with Gasteiger partial charge >= 0.3 is 0 Å². The second kappa shape index (κ2) is 5.78. The molecule has 5 nitrogen and oxygen atoms in total. The zero-order valence-corrected chi connectivity index (χ0v) is 13.8. The number of fused-ring (bicyclic) bond motifs is 1. The number of aryl methyl sites for hydroxylation is 1. The Morgan fingerprint density at radius 3 is 2.65 bits per heavy atom. The van der Waals surface area contributed by atoms with Gasteiger partial charge in [-0.2, -0.15) is 5.26 Å². The van der Waals surface area contributed by atoms with E-state index in [-0.39, 0.29) is 23.4 Å². The molecule has 1 aliphatic carbocycles. The maximum absolute atomic E-state index is 12.4. The molecule has 0 radical (unpaired) electrons. The minimum atomic E-state index is -0.134. The van der Waals surface area contributed by atoms with Crippen molar-refractivity contribution in [2.75, 3.05) is 20.2 Å². The molecule has 0 unspecified atom stereocenters. The number of nitriles is 1. The average Bonchev–Trinajstić information content (AvgIpc) is 2.55. The molecule has 0 spiro atoms. The largest absolute Gasteiger partial charge is 0.378 e. The minimum Gasteiger partial charge on any atom is -0.378 e. The normalized spacial score (nSPS) is 20.3. The highest BCUT2D eigenvalue weighted by Crippen LogP contribution is 2.35. The van der Waals surface area contributed by atoms with E-state index in [1.807, 2.05) is 19.1 Å². The summed E-state index contributed by atoms with van der Waals surface area (Å²) in [4.78, 5) is 19.1. The van der Waals surface area contributed by atoms with E-state index in [0.29, 0.717) is 5.70 Å². The van der Waals surface area contributed by atoms with Gasteiger partial charge in [0.15, 0.2) is 5.78 Å². The van der Waals surface area contributed by atoms with Gasteiger partial charge in [0.25, 0.3) is 0 Å². The van der Waals surface area contributed by atoms with Gasteiger partial charge in [-0.05, 0) is 38.3 Å². The predicted octanol–water partition coefficient (Wildman–Crippen LogP) is 2.25. The molecule has 0 bridgehead atoms. The van der Waals surface area contributed by atoms with Gasteiger partial charge in [0.1, 0.15) is 11.6 Å². The van der Waals surface area contributed by atoms with Gasteiger partial charge in [-0.3, -0.25) is 9.78 Å². The number of piperidine rings is 1. The number of ketones is 1. The maximum atomic E-state index is 12.4. The van der Waals surface area contributed by atoms with Crippen LogP contribution in [-0.2, 0) is 16.0 Å². The molecule has 0 aromatic carbocycles.